The van der Waals surface area contributed by atoms with Gasteiger partial charge in [0.15, 0.2) is 6.61 Å². The molecule has 0 aromatic heterocycles. The van der Waals surface area contributed by atoms with Gasteiger partial charge in [0.05, 0.1) is 5.02 Å². The number of nitrogens with one attached hydrogen (secondary N) is 1. The summed E-state index contributed by atoms with van der Waals surface area (Å²) in [6.45, 7) is 1.53. The molecule has 1 amide bonds. The largest absolute Gasteiger partial charge is 0.482 e. The van der Waals surface area contributed by atoms with Crippen LogP contribution < -0.4 is 10.1 Å². The van der Waals surface area contributed by atoms with Crippen LogP contribution in [0.15, 0.2) is 18.2 Å². The Morgan fingerprint density at radius 3 is 2.65 bits per heavy atom. The lowest BCUT2D eigenvalue weighted by Gasteiger charge is -2.14. The van der Waals surface area contributed by atoms with E-state index in [0.29, 0.717) is 23.6 Å². The van der Waals surface area contributed by atoms with E-state index in [0.717, 1.165) is 0 Å². The van der Waals surface area contributed by atoms with E-state index in [1.807, 2.05) is 6.92 Å². The van der Waals surface area contributed by atoms with Crippen molar-refractivity contribution in [3.63, 3.8) is 0 Å². The van der Waals surface area contributed by atoms with E-state index in [9.17, 15) is 9.59 Å². The highest BCUT2D eigenvalue weighted by Crippen LogP contribution is 2.27. The molecule has 0 spiro atoms. The second kappa shape index (κ2) is 7.97. The molecule has 1 atom stereocenters. The van der Waals surface area contributed by atoms with Crippen LogP contribution in [0.1, 0.15) is 19.8 Å². The van der Waals surface area contributed by atoms with Crippen LogP contribution >= 0.6 is 23.2 Å². The van der Waals surface area contributed by atoms with Gasteiger partial charge in [0.2, 0.25) is 0 Å². The molecule has 110 valence electrons. The maximum absolute atomic E-state index is 11.6. The molecule has 0 aliphatic carbocycles. The Kier molecular flexibility index (Phi) is 6.61. The molecule has 2 N–H and O–H groups in total. The number of ether oxygens (including phenoxy) is 1. The maximum atomic E-state index is 11.6. The third kappa shape index (κ3) is 5.27. The Bertz CT molecular complexity index is 493. The Morgan fingerprint density at radius 1 is 1.40 bits per heavy atom. The summed E-state index contributed by atoms with van der Waals surface area (Å²) in [4.78, 5) is 22.5. The monoisotopic (exact) mass is 319 g/mol. The minimum atomic E-state index is -1.07. The molecule has 0 aliphatic rings. The summed E-state index contributed by atoms with van der Waals surface area (Å²) in [5.41, 5.74) is 0. The Hall–Kier alpha value is -1.46. The lowest BCUT2D eigenvalue weighted by atomic mass is 10.2. The second-order valence-electron chi connectivity index (χ2n) is 4.11. The van der Waals surface area contributed by atoms with E-state index in [4.69, 9.17) is 33.0 Å². The average molecular weight is 320 g/mol. The molecule has 7 heteroatoms. The number of benzene rings is 1. The molecule has 0 radical (unpaired) electrons. The molecule has 0 fully saturated rings. The van der Waals surface area contributed by atoms with Gasteiger partial charge in [-0.2, -0.15) is 0 Å². The number of carboxylic acid groups (broad SMARTS) is 1. The van der Waals surface area contributed by atoms with Crippen LogP contribution in [-0.2, 0) is 9.59 Å². The molecule has 1 rings (SSSR count). The number of rotatable bonds is 7. The van der Waals surface area contributed by atoms with Crippen LogP contribution in [0.25, 0.3) is 0 Å². The number of carboxylic acids is 1. The summed E-state index contributed by atoms with van der Waals surface area (Å²) in [5, 5.41) is 12.1. The van der Waals surface area contributed by atoms with Gasteiger partial charge in [0.25, 0.3) is 5.91 Å². The average Bonchev–Trinajstić information content (AvgIpc) is 2.37. The van der Waals surface area contributed by atoms with Crippen molar-refractivity contribution in [1.29, 1.82) is 0 Å². The van der Waals surface area contributed by atoms with Crippen LogP contribution in [0.5, 0.6) is 5.75 Å². The van der Waals surface area contributed by atoms with E-state index >= 15 is 0 Å². The normalized spacial score (nSPS) is 11.8. The molecule has 1 aromatic carbocycles. The summed E-state index contributed by atoms with van der Waals surface area (Å²) >= 11 is 11.6. The van der Waals surface area contributed by atoms with E-state index in [2.05, 4.69) is 5.32 Å². The molecule has 0 heterocycles. The summed E-state index contributed by atoms with van der Waals surface area (Å²) in [6.07, 6.45) is 1.02. The lowest BCUT2D eigenvalue weighted by Crippen LogP contribution is -2.42. The first-order valence-electron chi connectivity index (χ1n) is 6.04. The molecule has 1 aromatic rings. The van der Waals surface area contributed by atoms with Gasteiger partial charge >= 0.3 is 5.97 Å². The number of halogens is 2. The van der Waals surface area contributed by atoms with Gasteiger partial charge in [-0.25, -0.2) is 4.79 Å². The number of hydrogen-bond donors (Lipinski definition) is 2. The van der Waals surface area contributed by atoms with E-state index in [-0.39, 0.29) is 11.6 Å². The molecule has 20 heavy (non-hydrogen) atoms. The van der Waals surface area contributed by atoms with Crippen LogP contribution in [-0.4, -0.2) is 29.6 Å². The quantitative estimate of drug-likeness (QED) is 0.810. The number of amides is 1. The van der Waals surface area contributed by atoms with Gasteiger partial charge in [0.1, 0.15) is 11.8 Å². The molecule has 0 unspecified atom stereocenters. The minimum Gasteiger partial charge on any atom is -0.482 e. The highest BCUT2D eigenvalue weighted by atomic mass is 35.5. The van der Waals surface area contributed by atoms with Gasteiger partial charge in [0, 0.05) is 5.02 Å². The predicted molar refractivity (Wildman–Crippen MR) is 76.4 cm³/mol. The number of carbonyl (C=O) groups excluding carboxylic acids is 1. The summed E-state index contributed by atoms with van der Waals surface area (Å²) in [6, 6.07) is 3.71. The maximum Gasteiger partial charge on any atom is 0.326 e. The highest BCUT2D eigenvalue weighted by Gasteiger charge is 2.19. The smallest absolute Gasteiger partial charge is 0.326 e. The fourth-order valence-corrected chi connectivity index (χ4v) is 1.98. The topological polar surface area (TPSA) is 75.6 Å². The van der Waals surface area contributed by atoms with Gasteiger partial charge in [-0.15, -0.1) is 0 Å². The fourth-order valence-electron chi connectivity index (χ4n) is 1.52. The van der Waals surface area contributed by atoms with Crippen molar-refractivity contribution in [3.8, 4) is 5.75 Å². The van der Waals surface area contributed by atoms with Crippen molar-refractivity contribution in [2.45, 2.75) is 25.8 Å². The van der Waals surface area contributed by atoms with Crippen molar-refractivity contribution >= 4 is 35.1 Å². The van der Waals surface area contributed by atoms with E-state index in [1.165, 1.54) is 6.07 Å². The Balaban J connectivity index is 2.52. The molecular formula is C13H15Cl2NO4. The zero-order chi connectivity index (χ0) is 15.1. The molecule has 0 aliphatic heterocycles. The fraction of sp³-hybridized carbons (Fsp3) is 0.385. The van der Waals surface area contributed by atoms with Crippen LogP contribution in [0.4, 0.5) is 0 Å². The van der Waals surface area contributed by atoms with Gasteiger partial charge in [-0.3, -0.25) is 4.79 Å². The summed E-state index contributed by atoms with van der Waals surface area (Å²) in [7, 11) is 0. The summed E-state index contributed by atoms with van der Waals surface area (Å²) in [5.74, 6) is -1.27. The van der Waals surface area contributed by atoms with Crippen LogP contribution in [0.3, 0.4) is 0 Å². The van der Waals surface area contributed by atoms with Crippen molar-refractivity contribution in [2.75, 3.05) is 6.61 Å². The van der Waals surface area contributed by atoms with Crippen molar-refractivity contribution in [3.05, 3.63) is 28.2 Å². The third-order valence-corrected chi connectivity index (χ3v) is 2.99. The Labute approximate surface area is 126 Å². The number of carbonyl (C=O) groups is 2. The standard InChI is InChI=1S/C13H15Cl2NO4/c1-2-3-10(13(18)19)16-12(17)7-20-11-5-4-8(14)6-9(11)15/h4-6,10H,2-3,7H2,1H3,(H,16,17)(H,18,19)/t10-/m1/s1. The zero-order valence-electron chi connectivity index (χ0n) is 10.9. The van der Waals surface area contributed by atoms with Gasteiger partial charge in [-0.05, 0) is 24.6 Å². The first-order chi connectivity index (χ1) is 9.43. The lowest BCUT2D eigenvalue weighted by molar-refractivity contribution is -0.142. The van der Waals surface area contributed by atoms with Crippen LogP contribution in [0.2, 0.25) is 10.0 Å². The molecule has 5 nitrogen and oxygen atoms in total. The molecule has 0 saturated carbocycles. The second-order valence-corrected chi connectivity index (χ2v) is 4.95. The predicted octanol–water partition coefficient (Wildman–Crippen LogP) is 2.74. The Morgan fingerprint density at radius 2 is 2.10 bits per heavy atom. The molecule has 0 saturated heterocycles. The van der Waals surface area contributed by atoms with Crippen molar-refractivity contribution in [1.82, 2.24) is 5.32 Å². The first-order valence-corrected chi connectivity index (χ1v) is 6.79. The highest BCUT2D eigenvalue weighted by molar-refractivity contribution is 6.35. The van der Waals surface area contributed by atoms with Gasteiger partial charge < -0.3 is 15.2 Å². The number of aliphatic carboxylic acids is 1. The minimum absolute atomic E-state index is 0.286. The summed E-state index contributed by atoms with van der Waals surface area (Å²) < 4.78 is 5.22. The first kappa shape index (κ1) is 16.6. The zero-order valence-corrected chi connectivity index (χ0v) is 12.4. The van der Waals surface area contributed by atoms with Crippen molar-refractivity contribution < 1.29 is 19.4 Å². The van der Waals surface area contributed by atoms with Crippen molar-refractivity contribution in [2.24, 2.45) is 0 Å². The third-order valence-electron chi connectivity index (χ3n) is 2.46. The molecular weight excluding hydrogens is 305 g/mol. The van der Waals surface area contributed by atoms with Crippen LogP contribution in [0, 0.1) is 0 Å². The van der Waals surface area contributed by atoms with Gasteiger partial charge in [-0.1, -0.05) is 36.5 Å². The SMILES string of the molecule is CCC[C@@H](NC(=O)COc1ccc(Cl)cc1Cl)C(=O)O. The number of hydrogen-bond acceptors (Lipinski definition) is 3. The van der Waals surface area contributed by atoms with E-state index < -0.39 is 17.9 Å². The van der Waals surface area contributed by atoms with E-state index in [1.54, 1.807) is 12.1 Å². The molecule has 0 bridgehead atoms.